The molecular formula is C25H30N2O4S. The summed E-state index contributed by atoms with van der Waals surface area (Å²) in [5, 5.41) is 0. The van der Waals surface area contributed by atoms with Gasteiger partial charge in [-0.1, -0.05) is 43.2 Å². The fourth-order valence-electron chi connectivity index (χ4n) is 3.62. The lowest BCUT2D eigenvalue weighted by molar-refractivity contribution is 0.0997. The molecule has 0 aliphatic rings. The van der Waals surface area contributed by atoms with Crippen molar-refractivity contribution < 1.29 is 19.0 Å². The van der Waals surface area contributed by atoms with E-state index in [9.17, 15) is 4.79 Å². The minimum Gasteiger partial charge on any atom is -0.493 e. The molecule has 170 valence electrons. The van der Waals surface area contributed by atoms with Gasteiger partial charge < -0.3 is 18.8 Å². The highest BCUT2D eigenvalue weighted by Crippen LogP contribution is 2.38. The Bertz CT molecular complexity index is 1130. The van der Waals surface area contributed by atoms with Gasteiger partial charge in [-0.3, -0.25) is 4.79 Å². The third-order valence-electron chi connectivity index (χ3n) is 5.21. The summed E-state index contributed by atoms with van der Waals surface area (Å²) in [6, 6.07) is 11.7. The van der Waals surface area contributed by atoms with Gasteiger partial charge in [-0.25, -0.2) is 0 Å². The molecule has 1 amide bonds. The normalized spacial score (nSPS) is 11.5. The van der Waals surface area contributed by atoms with Crippen LogP contribution in [0.1, 0.15) is 41.1 Å². The van der Waals surface area contributed by atoms with Crippen LogP contribution >= 0.6 is 11.3 Å². The van der Waals surface area contributed by atoms with Gasteiger partial charge in [-0.2, -0.15) is 4.99 Å². The van der Waals surface area contributed by atoms with Crippen LogP contribution < -0.4 is 19.0 Å². The number of methoxy groups -OCH3 is 3. The number of nitrogens with zero attached hydrogens (tertiary/aromatic N) is 2. The highest BCUT2D eigenvalue weighted by molar-refractivity contribution is 7.09. The van der Waals surface area contributed by atoms with Crippen molar-refractivity contribution in [2.45, 2.75) is 40.2 Å². The van der Waals surface area contributed by atoms with Crippen LogP contribution in [0, 0.1) is 6.92 Å². The number of hydrogen-bond donors (Lipinski definition) is 0. The summed E-state index contributed by atoms with van der Waals surface area (Å²) in [4.78, 5) is 19.6. The van der Waals surface area contributed by atoms with Crippen molar-refractivity contribution in [1.82, 2.24) is 4.57 Å². The molecule has 0 fully saturated rings. The van der Waals surface area contributed by atoms with Crippen molar-refractivity contribution in [2.24, 2.45) is 4.99 Å². The molecule has 0 saturated heterocycles. The number of benzene rings is 2. The molecule has 0 radical (unpaired) electrons. The van der Waals surface area contributed by atoms with Crippen LogP contribution in [0.5, 0.6) is 17.2 Å². The van der Waals surface area contributed by atoms with E-state index in [1.807, 2.05) is 0 Å². The Morgan fingerprint density at radius 3 is 2.12 bits per heavy atom. The van der Waals surface area contributed by atoms with Crippen LogP contribution in [0.2, 0.25) is 0 Å². The molecule has 1 heterocycles. The van der Waals surface area contributed by atoms with Gasteiger partial charge in [0.1, 0.15) is 0 Å². The molecule has 32 heavy (non-hydrogen) atoms. The Kier molecular flexibility index (Phi) is 7.75. The zero-order valence-electron chi connectivity index (χ0n) is 19.5. The van der Waals surface area contributed by atoms with E-state index in [0.29, 0.717) is 34.2 Å². The Balaban J connectivity index is 2.15. The molecule has 2 aromatic carbocycles. The third kappa shape index (κ3) is 4.72. The summed E-state index contributed by atoms with van der Waals surface area (Å²) in [5.74, 6) is 0.934. The van der Waals surface area contributed by atoms with Crippen LogP contribution in [-0.4, -0.2) is 31.8 Å². The fourth-order valence-corrected chi connectivity index (χ4v) is 4.93. The summed E-state index contributed by atoms with van der Waals surface area (Å²) >= 11 is 1.57. The predicted octanol–water partition coefficient (Wildman–Crippen LogP) is 5.26. The zero-order valence-corrected chi connectivity index (χ0v) is 20.3. The average molecular weight is 455 g/mol. The predicted molar refractivity (Wildman–Crippen MR) is 128 cm³/mol. The van der Waals surface area contributed by atoms with Crippen LogP contribution in [0.4, 0.5) is 0 Å². The molecule has 0 aliphatic heterocycles. The minimum absolute atomic E-state index is 0.355. The number of ether oxygens (including phenoxy) is 3. The highest BCUT2D eigenvalue weighted by atomic mass is 32.1. The van der Waals surface area contributed by atoms with E-state index in [1.54, 1.807) is 23.5 Å². The smallest absolute Gasteiger partial charge is 0.279 e. The first-order chi connectivity index (χ1) is 15.5. The number of rotatable bonds is 8. The maximum absolute atomic E-state index is 13.2. The summed E-state index contributed by atoms with van der Waals surface area (Å²) < 4.78 is 18.2. The molecule has 0 atom stereocenters. The number of amides is 1. The molecule has 3 rings (SSSR count). The Hall–Kier alpha value is -3.06. The van der Waals surface area contributed by atoms with E-state index in [4.69, 9.17) is 14.2 Å². The molecule has 0 aliphatic carbocycles. The SMILES string of the molecule is CCCc1sc(=NC(=O)c2cc(OC)c(OC)c(OC)c2)n(CC)c1-c1ccc(C)cc1. The van der Waals surface area contributed by atoms with Crippen molar-refractivity contribution in [3.8, 4) is 28.5 Å². The lowest BCUT2D eigenvalue weighted by atomic mass is 10.1. The van der Waals surface area contributed by atoms with Crippen LogP contribution in [0.15, 0.2) is 41.4 Å². The van der Waals surface area contributed by atoms with E-state index in [0.717, 1.165) is 24.1 Å². The van der Waals surface area contributed by atoms with Gasteiger partial charge in [-0.05, 0) is 38.0 Å². The van der Waals surface area contributed by atoms with Crippen LogP contribution in [-0.2, 0) is 13.0 Å². The molecule has 7 heteroatoms. The monoisotopic (exact) mass is 454 g/mol. The Morgan fingerprint density at radius 1 is 1.00 bits per heavy atom. The molecule has 0 saturated carbocycles. The Labute approximate surface area is 193 Å². The molecule has 0 unspecified atom stereocenters. The maximum Gasteiger partial charge on any atom is 0.279 e. The molecule has 3 aromatic rings. The van der Waals surface area contributed by atoms with Crippen LogP contribution in [0.3, 0.4) is 0 Å². The number of hydrogen-bond acceptors (Lipinski definition) is 5. The molecule has 0 spiro atoms. The van der Waals surface area contributed by atoms with Gasteiger partial charge in [0.25, 0.3) is 5.91 Å². The lowest BCUT2D eigenvalue weighted by Crippen LogP contribution is -2.17. The van der Waals surface area contributed by atoms with Gasteiger partial charge in [-0.15, -0.1) is 11.3 Å². The third-order valence-corrected chi connectivity index (χ3v) is 6.34. The van der Waals surface area contributed by atoms with E-state index >= 15 is 0 Å². The number of carbonyl (C=O) groups is 1. The first kappa shape index (κ1) is 23.6. The van der Waals surface area contributed by atoms with Gasteiger partial charge >= 0.3 is 0 Å². The average Bonchev–Trinajstić information content (AvgIpc) is 3.15. The van der Waals surface area contributed by atoms with Crippen LogP contribution in [0.25, 0.3) is 11.3 Å². The van der Waals surface area contributed by atoms with Crippen molar-refractivity contribution in [2.75, 3.05) is 21.3 Å². The lowest BCUT2D eigenvalue weighted by Gasteiger charge is -2.13. The van der Waals surface area contributed by atoms with Gasteiger partial charge in [0.15, 0.2) is 16.3 Å². The summed E-state index contributed by atoms with van der Waals surface area (Å²) in [6.07, 6.45) is 1.95. The first-order valence-corrected chi connectivity index (χ1v) is 11.5. The number of aromatic nitrogens is 1. The topological polar surface area (TPSA) is 62.1 Å². The maximum atomic E-state index is 13.2. The second kappa shape index (κ2) is 10.5. The number of aryl methyl sites for hydroxylation is 2. The van der Waals surface area contributed by atoms with E-state index in [-0.39, 0.29) is 5.91 Å². The Morgan fingerprint density at radius 2 is 1.62 bits per heavy atom. The molecule has 1 aromatic heterocycles. The number of thiazole rings is 1. The zero-order chi connectivity index (χ0) is 23.3. The van der Waals surface area contributed by atoms with Crippen molar-refractivity contribution in [3.05, 3.63) is 57.2 Å². The molecule has 6 nitrogen and oxygen atoms in total. The highest BCUT2D eigenvalue weighted by Gasteiger charge is 2.19. The molecule has 0 bridgehead atoms. The van der Waals surface area contributed by atoms with Gasteiger partial charge in [0, 0.05) is 17.0 Å². The van der Waals surface area contributed by atoms with E-state index in [2.05, 4.69) is 54.6 Å². The fraction of sp³-hybridized carbons (Fsp3) is 0.360. The van der Waals surface area contributed by atoms with Crippen molar-refractivity contribution >= 4 is 17.2 Å². The van der Waals surface area contributed by atoms with Gasteiger partial charge in [0.2, 0.25) is 5.75 Å². The van der Waals surface area contributed by atoms with Crippen molar-refractivity contribution in [1.29, 1.82) is 0 Å². The summed E-state index contributed by atoms with van der Waals surface area (Å²) in [7, 11) is 4.58. The first-order valence-electron chi connectivity index (χ1n) is 10.7. The van der Waals surface area contributed by atoms with Gasteiger partial charge in [0.05, 0.1) is 27.0 Å². The standard InChI is InChI=1S/C25H30N2O4S/c1-7-9-21-22(17-12-10-16(3)11-13-17)27(8-2)25(32-21)26-24(28)18-14-19(29-4)23(31-6)20(15-18)30-5/h10-15H,7-9H2,1-6H3. The van der Waals surface area contributed by atoms with Crippen molar-refractivity contribution in [3.63, 3.8) is 0 Å². The molecular weight excluding hydrogens is 424 g/mol. The van der Waals surface area contributed by atoms with E-state index in [1.165, 1.54) is 31.8 Å². The largest absolute Gasteiger partial charge is 0.493 e. The van der Waals surface area contributed by atoms with E-state index < -0.39 is 0 Å². The minimum atomic E-state index is -0.355. The summed E-state index contributed by atoms with van der Waals surface area (Å²) in [5.41, 5.74) is 3.87. The number of carbonyl (C=O) groups excluding carboxylic acids is 1. The second-order valence-corrected chi connectivity index (χ2v) is 8.41. The molecule has 0 N–H and O–H groups in total. The second-order valence-electron chi connectivity index (χ2n) is 7.35. The summed E-state index contributed by atoms with van der Waals surface area (Å²) in [6.45, 7) is 7.02. The quantitative estimate of drug-likeness (QED) is 0.466.